The van der Waals surface area contributed by atoms with Crippen LogP contribution in [0.15, 0.2) is 0 Å². The summed E-state index contributed by atoms with van der Waals surface area (Å²) < 4.78 is 11.8. The molecule has 9 heteroatoms. The van der Waals surface area contributed by atoms with Gasteiger partial charge < -0.3 is 29.3 Å². The predicted molar refractivity (Wildman–Crippen MR) is 308 cm³/mol. The van der Waals surface area contributed by atoms with Crippen molar-refractivity contribution in [2.24, 2.45) is 0 Å². The molecule has 2 unspecified atom stereocenters. The second kappa shape index (κ2) is 65.4. The smallest absolute Gasteiger partial charge is 0.550 e. The molecule has 0 spiro atoms. The van der Waals surface area contributed by atoms with Crippen molar-refractivity contribution in [2.45, 2.75) is 387 Å². The number of carbonyl (C=O) groups is 4. The van der Waals surface area contributed by atoms with E-state index in [1.807, 2.05) is 0 Å². The van der Waals surface area contributed by atoms with Crippen LogP contribution in [0.1, 0.15) is 374 Å². The van der Waals surface area contributed by atoms with Gasteiger partial charge in [-0.15, -0.1) is 0 Å². The molecular formula is C64H122CaO8. The van der Waals surface area contributed by atoms with Crippen LogP contribution in [-0.2, 0) is 28.7 Å². The quantitative estimate of drug-likeness (QED) is 0.0334. The van der Waals surface area contributed by atoms with Gasteiger partial charge in [-0.3, -0.25) is 9.59 Å². The van der Waals surface area contributed by atoms with Gasteiger partial charge in [-0.05, 0) is 89.9 Å². The summed E-state index contributed by atoms with van der Waals surface area (Å²) >= 11 is 0. The Hall–Kier alpha value is -0.860. The van der Waals surface area contributed by atoms with E-state index < -0.39 is 11.9 Å². The Labute approximate surface area is 483 Å². The van der Waals surface area contributed by atoms with E-state index in [0.29, 0.717) is 12.8 Å². The average molecular weight is 1060 g/mol. The van der Waals surface area contributed by atoms with Gasteiger partial charge in [0.2, 0.25) is 0 Å². The van der Waals surface area contributed by atoms with Crippen molar-refractivity contribution < 1.29 is 38.9 Å². The number of rotatable bonds is 58. The maximum atomic E-state index is 12.4. The van der Waals surface area contributed by atoms with Gasteiger partial charge in [-0.25, -0.2) is 0 Å². The van der Waals surface area contributed by atoms with Crippen molar-refractivity contribution >= 4 is 61.6 Å². The molecule has 73 heavy (non-hydrogen) atoms. The molecule has 8 nitrogen and oxygen atoms in total. The molecule has 0 heterocycles. The molecule has 0 aliphatic carbocycles. The zero-order chi connectivity index (χ0) is 53.1. The van der Waals surface area contributed by atoms with Crippen LogP contribution in [0.2, 0.25) is 0 Å². The van der Waals surface area contributed by atoms with E-state index in [1.165, 1.54) is 205 Å². The molecule has 0 aromatic rings. The molecular weight excluding hydrogens is 937 g/mol. The molecule has 0 aliphatic heterocycles. The summed E-state index contributed by atoms with van der Waals surface area (Å²) in [5.74, 6) is -1.83. The molecule has 0 aromatic heterocycles. The van der Waals surface area contributed by atoms with E-state index in [1.54, 1.807) is 0 Å². The monoisotopic (exact) mass is 1060 g/mol. The van der Waals surface area contributed by atoms with Crippen molar-refractivity contribution in [3.05, 3.63) is 0 Å². The first-order chi connectivity index (χ1) is 35.2. The van der Waals surface area contributed by atoms with Crippen molar-refractivity contribution in [1.29, 1.82) is 0 Å². The number of hydrogen-bond acceptors (Lipinski definition) is 8. The van der Waals surface area contributed by atoms with Crippen LogP contribution in [0.3, 0.4) is 0 Å². The summed E-state index contributed by atoms with van der Waals surface area (Å²) in [4.78, 5) is 45.7. The van der Waals surface area contributed by atoms with E-state index >= 15 is 0 Å². The zero-order valence-corrected chi connectivity index (χ0v) is 51.5. The Balaban J connectivity index is -0.00000132. The fraction of sp³-hybridized carbons (Fsp3) is 0.938. The van der Waals surface area contributed by atoms with Gasteiger partial charge in [0.25, 0.3) is 0 Å². The number of carbonyl (C=O) groups excluding carboxylic acids is 4. The van der Waals surface area contributed by atoms with Crippen LogP contribution in [0.5, 0.6) is 0 Å². The number of esters is 2. The van der Waals surface area contributed by atoms with E-state index in [4.69, 9.17) is 9.47 Å². The molecule has 2 atom stereocenters. The third kappa shape index (κ3) is 67.2. The third-order valence-electron chi connectivity index (χ3n) is 14.6. The first-order valence-corrected chi connectivity index (χ1v) is 32.0. The molecule has 0 aliphatic rings. The van der Waals surface area contributed by atoms with Gasteiger partial charge >= 0.3 is 49.7 Å². The summed E-state index contributed by atoms with van der Waals surface area (Å²) in [6.45, 7) is 9.00. The Bertz CT molecular complexity index is 1050. The van der Waals surface area contributed by atoms with Crippen molar-refractivity contribution in [1.82, 2.24) is 0 Å². The second-order valence-corrected chi connectivity index (χ2v) is 22.0. The number of ether oxygens (including phenoxy) is 2. The predicted octanol–water partition coefficient (Wildman–Crippen LogP) is 18.1. The zero-order valence-electron chi connectivity index (χ0n) is 49.3. The summed E-state index contributed by atoms with van der Waals surface area (Å²) in [5.41, 5.74) is 0. The number of carboxylic acids is 2. The maximum Gasteiger partial charge on any atom is 2.00 e. The minimum Gasteiger partial charge on any atom is -0.550 e. The molecule has 0 rings (SSSR count). The van der Waals surface area contributed by atoms with E-state index in [-0.39, 0.29) is 74.7 Å². The Kier molecular flexibility index (Phi) is 68.4. The minimum absolute atomic E-state index is 0. The Morgan fingerprint density at radius 1 is 0.260 bits per heavy atom. The van der Waals surface area contributed by atoms with Gasteiger partial charge in [0.05, 0.1) is 0 Å². The van der Waals surface area contributed by atoms with Crippen LogP contribution in [0.4, 0.5) is 0 Å². The molecule has 0 saturated heterocycles. The SMILES string of the molecule is CCCCCCCCCCCCCC(=O)OC(CCCCCC)CCCCCCCCCCC(=O)[O-].CCCCCCCCCCCCCC(=O)OC(CCCCCC)CCCCCCCCCCC(=O)[O-].[Ca+2]. The molecule has 0 fully saturated rings. The van der Waals surface area contributed by atoms with Crippen LogP contribution < -0.4 is 10.2 Å². The van der Waals surface area contributed by atoms with Crippen molar-refractivity contribution in [3.8, 4) is 0 Å². The van der Waals surface area contributed by atoms with Crippen LogP contribution in [0, 0.1) is 0 Å². The molecule has 0 aromatic carbocycles. The van der Waals surface area contributed by atoms with Gasteiger partial charge in [0, 0.05) is 24.8 Å². The van der Waals surface area contributed by atoms with Gasteiger partial charge in [-0.2, -0.15) is 0 Å². The first-order valence-electron chi connectivity index (χ1n) is 32.0. The van der Waals surface area contributed by atoms with Crippen LogP contribution >= 0.6 is 0 Å². The maximum absolute atomic E-state index is 12.4. The molecule has 0 N–H and O–H groups in total. The third-order valence-corrected chi connectivity index (χ3v) is 14.6. The molecule has 0 radical (unpaired) electrons. The number of unbranched alkanes of at least 4 members (excludes halogenated alkanes) is 40. The Morgan fingerprint density at radius 2 is 0.425 bits per heavy atom. The van der Waals surface area contributed by atoms with Crippen LogP contribution in [-0.4, -0.2) is 73.8 Å². The van der Waals surface area contributed by atoms with Gasteiger partial charge in [0.15, 0.2) is 0 Å². The first kappa shape index (κ1) is 76.4. The second-order valence-electron chi connectivity index (χ2n) is 22.0. The topological polar surface area (TPSA) is 133 Å². The van der Waals surface area contributed by atoms with Gasteiger partial charge in [0.1, 0.15) is 12.2 Å². The summed E-state index contributed by atoms with van der Waals surface area (Å²) in [5, 5.41) is 20.9. The fourth-order valence-electron chi connectivity index (χ4n) is 9.88. The standard InChI is InChI=1S/2C32H62O4.Ca/c2*1-3-5-7-9-10-11-12-13-18-21-25-29-32(35)36-30(26-22-8-6-4-2)27-23-19-16-14-15-17-20-24-28-31(33)34;/h2*30H,3-29H2,1-2H3,(H,33,34);/q;;+2/p-2. The van der Waals surface area contributed by atoms with Crippen molar-refractivity contribution in [3.63, 3.8) is 0 Å². The van der Waals surface area contributed by atoms with E-state index in [2.05, 4.69) is 27.7 Å². The summed E-state index contributed by atoms with van der Waals surface area (Å²) in [6, 6.07) is 0. The minimum atomic E-state index is -0.932. The van der Waals surface area contributed by atoms with Gasteiger partial charge in [-0.1, -0.05) is 272 Å². The van der Waals surface area contributed by atoms with Crippen molar-refractivity contribution in [2.75, 3.05) is 0 Å². The Morgan fingerprint density at radius 3 is 0.630 bits per heavy atom. The molecule has 0 amide bonds. The largest absolute Gasteiger partial charge is 2.00 e. The number of hydrogen-bond donors (Lipinski definition) is 0. The summed E-state index contributed by atoms with van der Waals surface area (Å²) in [7, 11) is 0. The number of aliphatic carboxylic acids is 2. The number of carboxylic acid groups (broad SMARTS) is 2. The normalized spacial score (nSPS) is 11.9. The van der Waals surface area contributed by atoms with E-state index in [9.17, 15) is 29.4 Å². The fourth-order valence-corrected chi connectivity index (χ4v) is 9.88. The molecule has 0 bridgehead atoms. The molecule has 0 saturated carbocycles. The molecule has 428 valence electrons. The average Bonchev–Trinajstić information content (AvgIpc) is 3.36. The van der Waals surface area contributed by atoms with E-state index in [0.717, 1.165) is 116 Å². The van der Waals surface area contributed by atoms with Crippen LogP contribution in [0.25, 0.3) is 0 Å². The summed E-state index contributed by atoms with van der Waals surface area (Å²) in [6.07, 6.45) is 61.7.